The van der Waals surface area contributed by atoms with Crippen molar-refractivity contribution in [2.75, 3.05) is 13.6 Å². The molecule has 0 N–H and O–H groups in total. The van der Waals surface area contributed by atoms with Crippen LogP contribution in [0.1, 0.15) is 21.7 Å². The van der Waals surface area contributed by atoms with Gasteiger partial charge in [-0.15, -0.1) is 11.3 Å². The summed E-state index contributed by atoms with van der Waals surface area (Å²) in [6.45, 7) is 1.25. The first-order valence-corrected chi connectivity index (χ1v) is 7.14. The number of halogens is 2. The molecule has 0 fully saturated rings. The zero-order valence-corrected chi connectivity index (χ0v) is 11.9. The molecule has 2 rings (SSSR count). The minimum atomic E-state index is -1.06. The van der Waals surface area contributed by atoms with Crippen LogP contribution in [0.5, 0.6) is 0 Å². The largest absolute Gasteiger partial charge is 0.301 e. The van der Waals surface area contributed by atoms with Crippen molar-refractivity contribution in [3.63, 3.8) is 0 Å². The van der Waals surface area contributed by atoms with E-state index in [9.17, 15) is 13.6 Å². The lowest BCUT2D eigenvalue weighted by atomic mass is 10.1. The van der Waals surface area contributed by atoms with E-state index >= 15 is 0 Å². The Morgan fingerprint density at radius 2 is 2.05 bits per heavy atom. The van der Waals surface area contributed by atoms with Crippen molar-refractivity contribution >= 4 is 17.1 Å². The van der Waals surface area contributed by atoms with Crippen molar-refractivity contribution in [3.05, 3.63) is 57.8 Å². The first-order chi connectivity index (χ1) is 9.58. The van der Waals surface area contributed by atoms with Gasteiger partial charge in [0.05, 0.1) is 5.56 Å². The van der Waals surface area contributed by atoms with Crippen molar-refractivity contribution in [1.29, 1.82) is 0 Å². The third kappa shape index (κ3) is 3.71. The number of hydrogen-bond donors (Lipinski definition) is 0. The number of carbonyl (C=O) groups excluding carboxylic acids is 1. The van der Waals surface area contributed by atoms with Crippen LogP contribution in [0, 0.1) is 11.6 Å². The van der Waals surface area contributed by atoms with Crippen molar-refractivity contribution in [3.8, 4) is 0 Å². The summed E-state index contributed by atoms with van der Waals surface area (Å²) in [5.74, 6) is -2.42. The van der Waals surface area contributed by atoms with Crippen LogP contribution in [0.25, 0.3) is 0 Å². The lowest BCUT2D eigenvalue weighted by molar-refractivity contribution is 0.0963. The summed E-state index contributed by atoms with van der Waals surface area (Å²) in [4.78, 5) is 15.1. The topological polar surface area (TPSA) is 20.3 Å². The minimum absolute atomic E-state index is 0.169. The summed E-state index contributed by atoms with van der Waals surface area (Å²) < 4.78 is 26.5. The molecule has 0 aliphatic rings. The highest BCUT2D eigenvalue weighted by atomic mass is 32.1. The van der Waals surface area contributed by atoms with Gasteiger partial charge in [-0.2, -0.15) is 0 Å². The highest BCUT2D eigenvalue weighted by Gasteiger charge is 2.15. The average molecular weight is 295 g/mol. The zero-order chi connectivity index (χ0) is 14.5. The second-order valence-corrected chi connectivity index (χ2v) is 5.62. The van der Waals surface area contributed by atoms with E-state index in [4.69, 9.17) is 0 Å². The molecule has 0 radical (unpaired) electrons. The van der Waals surface area contributed by atoms with Gasteiger partial charge in [0.1, 0.15) is 0 Å². The molecule has 0 spiro atoms. The van der Waals surface area contributed by atoms with Gasteiger partial charge in [-0.05, 0) is 30.6 Å². The molecular weight excluding hydrogens is 280 g/mol. The Hall–Kier alpha value is -1.59. The predicted molar refractivity (Wildman–Crippen MR) is 76.0 cm³/mol. The fourth-order valence-corrected chi connectivity index (χ4v) is 2.68. The van der Waals surface area contributed by atoms with Crippen LogP contribution >= 0.6 is 11.3 Å². The average Bonchev–Trinajstić information content (AvgIpc) is 2.92. The lowest BCUT2D eigenvalue weighted by Crippen LogP contribution is -2.21. The van der Waals surface area contributed by atoms with E-state index in [1.54, 1.807) is 11.3 Å². The van der Waals surface area contributed by atoms with Crippen LogP contribution in [0.2, 0.25) is 0 Å². The molecule has 1 heterocycles. The molecule has 20 heavy (non-hydrogen) atoms. The van der Waals surface area contributed by atoms with E-state index in [2.05, 4.69) is 0 Å². The predicted octanol–water partition coefficient (Wildman–Crippen LogP) is 3.73. The molecule has 0 amide bonds. The fourth-order valence-electron chi connectivity index (χ4n) is 1.89. The first-order valence-electron chi connectivity index (χ1n) is 6.26. The molecule has 0 unspecified atom stereocenters. The van der Waals surface area contributed by atoms with Gasteiger partial charge in [-0.3, -0.25) is 4.79 Å². The maximum atomic E-state index is 13.5. The number of carbonyl (C=O) groups is 1. The Kier molecular flexibility index (Phi) is 4.98. The fraction of sp³-hybridized carbons (Fsp3) is 0.267. The van der Waals surface area contributed by atoms with E-state index in [1.165, 1.54) is 17.0 Å². The van der Waals surface area contributed by atoms with E-state index in [-0.39, 0.29) is 17.8 Å². The molecule has 0 aliphatic heterocycles. The van der Waals surface area contributed by atoms with E-state index in [0.29, 0.717) is 6.54 Å². The van der Waals surface area contributed by atoms with Gasteiger partial charge in [0.2, 0.25) is 0 Å². The molecule has 2 nitrogen and oxygen atoms in total. The van der Waals surface area contributed by atoms with Crippen LogP contribution in [0.4, 0.5) is 8.78 Å². The molecule has 1 aromatic carbocycles. The highest BCUT2D eigenvalue weighted by Crippen LogP contribution is 2.15. The third-order valence-corrected chi connectivity index (χ3v) is 3.84. The summed E-state index contributed by atoms with van der Waals surface area (Å²) in [5, 5.41) is 2.00. The Morgan fingerprint density at radius 3 is 2.75 bits per heavy atom. The molecule has 0 saturated heterocycles. The first kappa shape index (κ1) is 14.8. The van der Waals surface area contributed by atoms with E-state index in [1.807, 2.05) is 29.5 Å². The molecular formula is C15H15F2NOS. The standard InChI is InChI=1S/C15H15F2NOS/c1-18(10-11-4-3-9-20-11)8-7-14(19)12-5-2-6-13(16)15(12)17/h2-6,9H,7-8,10H2,1H3. The molecule has 0 aliphatic carbocycles. The Labute approximate surface area is 120 Å². The van der Waals surface area contributed by atoms with Crippen molar-refractivity contribution in [2.24, 2.45) is 0 Å². The molecule has 0 atom stereocenters. The van der Waals surface area contributed by atoms with Gasteiger partial charge in [0.25, 0.3) is 0 Å². The second kappa shape index (κ2) is 6.72. The lowest BCUT2D eigenvalue weighted by Gasteiger charge is -2.15. The van der Waals surface area contributed by atoms with E-state index < -0.39 is 11.6 Å². The van der Waals surface area contributed by atoms with Gasteiger partial charge in [-0.25, -0.2) is 8.78 Å². The van der Waals surface area contributed by atoms with Gasteiger partial charge in [-0.1, -0.05) is 12.1 Å². The second-order valence-electron chi connectivity index (χ2n) is 4.59. The molecule has 0 saturated carbocycles. The number of ketones is 1. The van der Waals surface area contributed by atoms with Crippen LogP contribution in [-0.4, -0.2) is 24.3 Å². The molecule has 1 aromatic heterocycles. The third-order valence-electron chi connectivity index (χ3n) is 2.98. The Bertz CT molecular complexity index is 584. The molecule has 5 heteroatoms. The number of nitrogens with zero attached hydrogens (tertiary/aromatic N) is 1. The number of rotatable bonds is 6. The monoisotopic (exact) mass is 295 g/mol. The minimum Gasteiger partial charge on any atom is -0.301 e. The summed E-state index contributed by atoms with van der Waals surface area (Å²) in [6, 6.07) is 7.67. The number of benzene rings is 1. The van der Waals surface area contributed by atoms with Crippen LogP contribution in [0.15, 0.2) is 35.7 Å². The number of thiophene rings is 1. The summed E-state index contributed by atoms with van der Waals surface area (Å²) in [7, 11) is 1.90. The zero-order valence-electron chi connectivity index (χ0n) is 11.1. The van der Waals surface area contributed by atoms with Gasteiger partial charge < -0.3 is 4.90 Å². The summed E-state index contributed by atoms with van der Waals surface area (Å²) >= 11 is 1.65. The smallest absolute Gasteiger partial charge is 0.169 e. The quantitative estimate of drug-likeness (QED) is 0.757. The van der Waals surface area contributed by atoms with Gasteiger partial charge >= 0.3 is 0 Å². The van der Waals surface area contributed by atoms with Crippen LogP contribution in [-0.2, 0) is 6.54 Å². The summed E-state index contributed by atoms with van der Waals surface area (Å²) in [6.07, 6.45) is 0.169. The SMILES string of the molecule is CN(CCC(=O)c1cccc(F)c1F)Cc1cccs1. The number of Topliss-reactive ketones (excluding diaryl/α,β-unsaturated/α-hetero) is 1. The van der Waals surface area contributed by atoms with Crippen LogP contribution in [0.3, 0.4) is 0 Å². The maximum Gasteiger partial charge on any atom is 0.169 e. The normalized spacial score (nSPS) is 11.0. The van der Waals surface area contributed by atoms with Crippen molar-refractivity contribution < 1.29 is 13.6 Å². The van der Waals surface area contributed by atoms with Gasteiger partial charge in [0, 0.05) is 24.4 Å². The molecule has 0 bridgehead atoms. The molecule has 106 valence electrons. The summed E-state index contributed by atoms with van der Waals surface area (Å²) in [5.41, 5.74) is -0.172. The van der Waals surface area contributed by atoms with Crippen LogP contribution < -0.4 is 0 Å². The van der Waals surface area contributed by atoms with Gasteiger partial charge in [0.15, 0.2) is 17.4 Å². The Morgan fingerprint density at radius 1 is 1.25 bits per heavy atom. The van der Waals surface area contributed by atoms with Crippen molar-refractivity contribution in [2.45, 2.75) is 13.0 Å². The number of hydrogen-bond acceptors (Lipinski definition) is 3. The van der Waals surface area contributed by atoms with Crippen molar-refractivity contribution in [1.82, 2.24) is 4.90 Å². The highest BCUT2D eigenvalue weighted by molar-refractivity contribution is 7.09. The maximum absolute atomic E-state index is 13.5. The molecule has 2 aromatic rings. The van der Waals surface area contributed by atoms with E-state index in [0.717, 1.165) is 12.6 Å². The Balaban J connectivity index is 1.90.